The Morgan fingerprint density at radius 3 is 2.35 bits per heavy atom. The molecule has 0 spiro atoms. The standard InChI is InChI=1S/C19H17NO3/c21-11-14-10-19(23)20(15-4-5-15)18-9-13(3-8-17(14)18)12-1-6-16(22)7-2-12/h1-3,6-10,15,21-22H,4-5,11H2. The number of benzene rings is 2. The molecule has 3 aromatic rings. The summed E-state index contributed by atoms with van der Waals surface area (Å²) in [5, 5.41) is 19.9. The number of hydrogen-bond acceptors (Lipinski definition) is 3. The number of aliphatic hydroxyl groups is 1. The molecule has 1 saturated carbocycles. The van der Waals surface area contributed by atoms with Crippen molar-refractivity contribution in [3.63, 3.8) is 0 Å². The van der Waals surface area contributed by atoms with Gasteiger partial charge in [-0.15, -0.1) is 0 Å². The number of hydrogen-bond donors (Lipinski definition) is 2. The first kappa shape index (κ1) is 14.0. The molecule has 0 saturated heterocycles. The molecule has 4 heteroatoms. The number of aromatic nitrogens is 1. The molecule has 1 heterocycles. The van der Waals surface area contributed by atoms with Crippen LogP contribution in [-0.4, -0.2) is 14.8 Å². The zero-order valence-electron chi connectivity index (χ0n) is 12.6. The maximum atomic E-state index is 12.4. The minimum Gasteiger partial charge on any atom is -0.508 e. The van der Waals surface area contributed by atoms with Gasteiger partial charge in [-0.1, -0.05) is 24.3 Å². The molecule has 4 nitrogen and oxygen atoms in total. The predicted molar refractivity (Wildman–Crippen MR) is 89.5 cm³/mol. The van der Waals surface area contributed by atoms with Gasteiger partial charge >= 0.3 is 0 Å². The maximum absolute atomic E-state index is 12.4. The third kappa shape index (κ3) is 2.41. The Labute approximate surface area is 133 Å². The zero-order chi connectivity index (χ0) is 16.0. The van der Waals surface area contributed by atoms with Crippen LogP contribution in [0.2, 0.25) is 0 Å². The fourth-order valence-corrected chi connectivity index (χ4v) is 3.09. The Morgan fingerprint density at radius 2 is 1.70 bits per heavy atom. The second kappa shape index (κ2) is 5.25. The Kier molecular flexibility index (Phi) is 3.20. The van der Waals surface area contributed by atoms with E-state index in [0.717, 1.165) is 34.9 Å². The molecule has 1 aromatic heterocycles. The minimum atomic E-state index is -0.143. The van der Waals surface area contributed by atoms with Gasteiger partial charge in [-0.2, -0.15) is 0 Å². The number of aliphatic hydroxyl groups excluding tert-OH is 1. The van der Waals surface area contributed by atoms with Gasteiger partial charge in [0.1, 0.15) is 5.75 Å². The highest BCUT2D eigenvalue weighted by Crippen LogP contribution is 2.37. The quantitative estimate of drug-likeness (QED) is 0.781. The molecule has 0 amide bonds. The Balaban J connectivity index is 1.98. The van der Waals surface area contributed by atoms with Crippen LogP contribution < -0.4 is 5.56 Å². The van der Waals surface area contributed by atoms with E-state index in [9.17, 15) is 15.0 Å². The first-order chi connectivity index (χ1) is 11.2. The highest BCUT2D eigenvalue weighted by Gasteiger charge is 2.26. The van der Waals surface area contributed by atoms with Gasteiger partial charge in [0.15, 0.2) is 0 Å². The van der Waals surface area contributed by atoms with Crippen LogP contribution in [0.15, 0.2) is 53.3 Å². The van der Waals surface area contributed by atoms with Crippen molar-refractivity contribution in [2.75, 3.05) is 0 Å². The lowest BCUT2D eigenvalue weighted by Gasteiger charge is -2.13. The van der Waals surface area contributed by atoms with Gasteiger partial charge < -0.3 is 14.8 Å². The minimum absolute atomic E-state index is 0.0492. The summed E-state index contributed by atoms with van der Waals surface area (Å²) in [6.07, 6.45) is 2.05. The van der Waals surface area contributed by atoms with Crippen LogP contribution in [0, 0.1) is 0 Å². The second-order valence-corrected chi connectivity index (χ2v) is 6.05. The van der Waals surface area contributed by atoms with Crippen molar-refractivity contribution < 1.29 is 10.2 Å². The van der Waals surface area contributed by atoms with Gasteiger partial charge in [-0.25, -0.2) is 0 Å². The van der Waals surface area contributed by atoms with Gasteiger partial charge in [-0.3, -0.25) is 4.79 Å². The van der Waals surface area contributed by atoms with Crippen LogP contribution in [0.25, 0.3) is 22.0 Å². The molecule has 0 aliphatic heterocycles. The van der Waals surface area contributed by atoms with E-state index in [-0.39, 0.29) is 24.0 Å². The number of fused-ring (bicyclic) bond motifs is 1. The largest absolute Gasteiger partial charge is 0.508 e. The third-order valence-corrected chi connectivity index (χ3v) is 4.42. The van der Waals surface area contributed by atoms with E-state index in [1.807, 2.05) is 34.9 Å². The predicted octanol–water partition coefficient (Wildman–Crippen LogP) is 3.20. The molecule has 1 aliphatic carbocycles. The molecule has 0 atom stereocenters. The van der Waals surface area contributed by atoms with E-state index < -0.39 is 0 Å². The molecule has 2 N–H and O–H groups in total. The Hall–Kier alpha value is -2.59. The summed E-state index contributed by atoms with van der Waals surface area (Å²) in [7, 11) is 0. The van der Waals surface area contributed by atoms with Crippen molar-refractivity contribution in [1.82, 2.24) is 4.57 Å². The number of phenols is 1. The van der Waals surface area contributed by atoms with Crippen molar-refractivity contribution in [2.24, 2.45) is 0 Å². The molecule has 0 radical (unpaired) electrons. The smallest absolute Gasteiger partial charge is 0.251 e. The number of pyridine rings is 1. The van der Waals surface area contributed by atoms with Crippen molar-refractivity contribution in [2.45, 2.75) is 25.5 Å². The average molecular weight is 307 g/mol. The summed E-state index contributed by atoms with van der Waals surface area (Å²) in [5.41, 5.74) is 3.45. The molecular formula is C19H17NO3. The highest BCUT2D eigenvalue weighted by molar-refractivity contribution is 5.87. The maximum Gasteiger partial charge on any atom is 0.251 e. The van der Waals surface area contributed by atoms with E-state index in [1.165, 1.54) is 0 Å². The lowest BCUT2D eigenvalue weighted by Crippen LogP contribution is -2.19. The van der Waals surface area contributed by atoms with E-state index in [1.54, 1.807) is 18.2 Å². The first-order valence-corrected chi connectivity index (χ1v) is 7.76. The SMILES string of the molecule is O=c1cc(CO)c2ccc(-c3ccc(O)cc3)cc2n1C1CC1. The summed E-state index contributed by atoms with van der Waals surface area (Å²) >= 11 is 0. The molecule has 1 aliphatic rings. The van der Waals surface area contributed by atoms with Gasteiger partial charge in [0, 0.05) is 17.5 Å². The number of phenolic OH excluding ortho intramolecular Hbond substituents is 1. The molecule has 23 heavy (non-hydrogen) atoms. The topological polar surface area (TPSA) is 62.5 Å². The van der Waals surface area contributed by atoms with E-state index >= 15 is 0 Å². The van der Waals surface area contributed by atoms with E-state index in [2.05, 4.69) is 0 Å². The summed E-state index contributed by atoms with van der Waals surface area (Å²) in [6.45, 7) is -0.143. The summed E-state index contributed by atoms with van der Waals surface area (Å²) in [4.78, 5) is 12.4. The van der Waals surface area contributed by atoms with E-state index in [4.69, 9.17) is 0 Å². The fourth-order valence-electron chi connectivity index (χ4n) is 3.09. The zero-order valence-corrected chi connectivity index (χ0v) is 12.6. The summed E-state index contributed by atoms with van der Waals surface area (Å²) < 4.78 is 1.85. The molecule has 116 valence electrons. The Morgan fingerprint density at radius 1 is 1.00 bits per heavy atom. The third-order valence-electron chi connectivity index (χ3n) is 4.42. The lowest BCUT2D eigenvalue weighted by molar-refractivity contribution is 0.283. The van der Waals surface area contributed by atoms with Crippen LogP contribution in [0.3, 0.4) is 0 Å². The fraction of sp³-hybridized carbons (Fsp3) is 0.211. The van der Waals surface area contributed by atoms with Crippen LogP contribution in [0.5, 0.6) is 5.75 Å². The average Bonchev–Trinajstić information content (AvgIpc) is 3.39. The molecule has 0 unspecified atom stereocenters. The monoisotopic (exact) mass is 307 g/mol. The van der Waals surface area contributed by atoms with Crippen molar-refractivity contribution in [1.29, 1.82) is 0 Å². The van der Waals surface area contributed by atoms with Gasteiger partial charge in [0.05, 0.1) is 12.1 Å². The van der Waals surface area contributed by atoms with Crippen LogP contribution >= 0.6 is 0 Å². The number of aromatic hydroxyl groups is 1. The molecule has 0 bridgehead atoms. The van der Waals surface area contributed by atoms with Gasteiger partial charge in [0.2, 0.25) is 0 Å². The van der Waals surface area contributed by atoms with Gasteiger partial charge in [-0.05, 0) is 47.7 Å². The molecule has 4 rings (SSSR count). The van der Waals surface area contributed by atoms with Crippen LogP contribution in [0.4, 0.5) is 0 Å². The highest BCUT2D eigenvalue weighted by atomic mass is 16.3. The number of nitrogens with zero attached hydrogens (tertiary/aromatic N) is 1. The van der Waals surface area contributed by atoms with Crippen molar-refractivity contribution in [3.05, 3.63) is 64.4 Å². The van der Waals surface area contributed by atoms with Crippen molar-refractivity contribution in [3.8, 4) is 16.9 Å². The van der Waals surface area contributed by atoms with E-state index in [0.29, 0.717) is 5.56 Å². The second-order valence-electron chi connectivity index (χ2n) is 6.05. The van der Waals surface area contributed by atoms with Crippen LogP contribution in [0.1, 0.15) is 24.4 Å². The molecular weight excluding hydrogens is 290 g/mol. The Bertz CT molecular complexity index is 937. The summed E-state index contributed by atoms with van der Waals surface area (Å²) in [6, 6.07) is 14.8. The van der Waals surface area contributed by atoms with Gasteiger partial charge in [0.25, 0.3) is 5.56 Å². The summed E-state index contributed by atoms with van der Waals surface area (Å²) in [5.74, 6) is 0.229. The van der Waals surface area contributed by atoms with Crippen LogP contribution in [-0.2, 0) is 6.61 Å². The number of rotatable bonds is 3. The normalized spacial score (nSPS) is 14.3. The first-order valence-electron chi connectivity index (χ1n) is 7.76. The molecule has 2 aromatic carbocycles. The van der Waals surface area contributed by atoms with Crippen molar-refractivity contribution >= 4 is 10.9 Å². The molecule has 1 fully saturated rings. The lowest BCUT2D eigenvalue weighted by atomic mass is 10.0.